The van der Waals surface area contributed by atoms with Crippen LogP contribution in [0.15, 0.2) is 0 Å². The Kier molecular flexibility index (Phi) is 13.8. The van der Waals surface area contributed by atoms with Gasteiger partial charge < -0.3 is 19.7 Å². The van der Waals surface area contributed by atoms with E-state index in [1.807, 2.05) is 0 Å². The van der Waals surface area contributed by atoms with Crippen LogP contribution in [0.4, 0.5) is 0 Å². The van der Waals surface area contributed by atoms with Gasteiger partial charge in [-0.3, -0.25) is 4.79 Å². The van der Waals surface area contributed by atoms with Crippen molar-refractivity contribution in [3.8, 4) is 0 Å². The molecule has 1 rings (SSSR count). The van der Waals surface area contributed by atoms with Crippen molar-refractivity contribution < 1.29 is 24.5 Å². The van der Waals surface area contributed by atoms with Crippen LogP contribution in [0.1, 0.15) is 84.5 Å². The van der Waals surface area contributed by atoms with Crippen molar-refractivity contribution in [2.45, 2.75) is 90.6 Å². The molecule has 1 aliphatic heterocycles. The maximum Gasteiger partial charge on any atom is 0.305 e. The summed E-state index contributed by atoms with van der Waals surface area (Å²) < 4.78 is 11.1. The second-order valence-electron chi connectivity index (χ2n) is 8.15. The summed E-state index contributed by atoms with van der Waals surface area (Å²) in [6.07, 6.45) is 12.0. The summed E-state index contributed by atoms with van der Waals surface area (Å²) in [6, 6.07) is 0. The lowest BCUT2D eigenvalue weighted by molar-refractivity contribution is -0.144. The number of aliphatic hydroxyl groups is 2. The lowest BCUT2D eigenvalue weighted by Gasteiger charge is -2.26. The van der Waals surface area contributed by atoms with Crippen molar-refractivity contribution in [1.82, 2.24) is 0 Å². The molecule has 4 atom stereocenters. The van der Waals surface area contributed by atoms with E-state index in [2.05, 4.69) is 13.8 Å². The summed E-state index contributed by atoms with van der Waals surface area (Å²) in [6.45, 7) is 5.28. The quantitative estimate of drug-likeness (QED) is 0.309. The largest absolute Gasteiger partial charge is 0.466 e. The Balaban J connectivity index is 2.05. The van der Waals surface area contributed by atoms with Gasteiger partial charge in [-0.15, -0.1) is 0 Å². The minimum atomic E-state index is -0.147. The molecular formula is C22H42O5. The Morgan fingerprint density at radius 2 is 1.70 bits per heavy atom. The molecule has 0 aromatic rings. The Morgan fingerprint density at radius 3 is 2.30 bits per heavy atom. The van der Waals surface area contributed by atoms with Gasteiger partial charge in [0.1, 0.15) is 0 Å². The van der Waals surface area contributed by atoms with Crippen molar-refractivity contribution in [1.29, 1.82) is 0 Å². The number of carbonyl (C=O) groups is 1. The molecule has 27 heavy (non-hydrogen) atoms. The van der Waals surface area contributed by atoms with E-state index in [1.165, 1.54) is 44.9 Å². The number of hydrogen-bond donors (Lipinski definition) is 2. The van der Waals surface area contributed by atoms with Crippen LogP contribution >= 0.6 is 0 Å². The van der Waals surface area contributed by atoms with E-state index < -0.39 is 0 Å². The fourth-order valence-electron chi connectivity index (χ4n) is 3.94. The fourth-order valence-corrected chi connectivity index (χ4v) is 3.94. The second-order valence-corrected chi connectivity index (χ2v) is 8.15. The molecule has 1 aliphatic rings. The highest BCUT2D eigenvalue weighted by atomic mass is 16.5. The number of rotatable bonds is 16. The van der Waals surface area contributed by atoms with E-state index in [4.69, 9.17) is 9.47 Å². The van der Waals surface area contributed by atoms with Gasteiger partial charge in [-0.2, -0.15) is 0 Å². The van der Waals surface area contributed by atoms with Crippen molar-refractivity contribution in [3.05, 3.63) is 0 Å². The van der Waals surface area contributed by atoms with Gasteiger partial charge in [-0.1, -0.05) is 65.2 Å². The highest BCUT2D eigenvalue weighted by Crippen LogP contribution is 2.32. The molecule has 1 fully saturated rings. The van der Waals surface area contributed by atoms with Crippen LogP contribution in [0.3, 0.4) is 0 Å². The molecule has 0 aromatic heterocycles. The third-order valence-electron chi connectivity index (χ3n) is 5.85. The summed E-state index contributed by atoms with van der Waals surface area (Å²) in [5.41, 5.74) is 0. The standard InChI is InChI=1S/C22H42O5/c1-3-4-5-6-7-8-9-10-11-12-21(25)26-14-13-19(15-23)22-20(16-24)18(2)17-27-22/h18-20,22-24H,3-17H2,1-2H3/t18?,19?,20-,22?/m0/s1. The monoisotopic (exact) mass is 386 g/mol. The first-order valence-corrected chi connectivity index (χ1v) is 11.1. The zero-order valence-corrected chi connectivity index (χ0v) is 17.5. The first-order valence-electron chi connectivity index (χ1n) is 11.1. The molecular weight excluding hydrogens is 344 g/mol. The van der Waals surface area contributed by atoms with Gasteiger partial charge >= 0.3 is 5.97 Å². The maximum absolute atomic E-state index is 11.9. The average Bonchev–Trinajstić information content (AvgIpc) is 3.04. The molecule has 1 heterocycles. The molecule has 0 aromatic carbocycles. The van der Waals surface area contributed by atoms with Gasteiger partial charge in [0.25, 0.3) is 0 Å². The molecule has 0 amide bonds. The maximum atomic E-state index is 11.9. The van der Waals surface area contributed by atoms with Gasteiger partial charge in [-0.25, -0.2) is 0 Å². The number of aliphatic hydroxyl groups excluding tert-OH is 2. The third kappa shape index (κ3) is 9.91. The second kappa shape index (κ2) is 15.3. The van der Waals surface area contributed by atoms with E-state index in [0.29, 0.717) is 32.0 Å². The molecule has 0 spiro atoms. The number of ether oxygens (including phenoxy) is 2. The number of hydrogen-bond acceptors (Lipinski definition) is 5. The van der Waals surface area contributed by atoms with Crippen molar-refractivity contribution in [2.24, 2.45) is 17.8 Å². The van der Waals surface area contributed by atoms with Crippen molar-refractivity contribution in [3.63, 3.8) is 0 Å². The van der Waals surface area contributed by atoms with E-state index in [9.17, 15) is 15.0 Å². The molecule has 5 heteroatoms. The molecule has 0 aliphatic carbocycles. The van der Waals surface area contributed by atoms with Crippen LogP contribution in [-0.2, 0) is 14.3 Å². The molecule has 0 radical (unpaired) electrons. The first kappa shape index (κ1) is 24.4. The molecule has 1 saturated heterocycles. The smallest absolute Gasteiger partial charge is 0.305 e. The highest BCUT2D eigenvalue weighted by molar-refractivity contribution is 5.69. The summed E-state index contributed by atoms with van der Waals surface area (Å²) in [4.78, 5) is 11.9. The van der Waals surface area contributed by atoms with Crippen molar-refractivity contribution in [2.75, 3.05) is 26.4 Å². The molecule has 5 nitrogen and oxygen atoms in total. The van der Waals surface area contributed by atoms with Crippen LogP contribution in [0.2, 0.25) is 0 Å². The van der Waals surface area contributed by atoms with E-state index in [-0.39, 0.29) is 37.1 Å². The first-order chi connectivity index (χ1) is 13.1. The van der Waals surface area contributed by atoms with Gasteiger partial charge in [0.15, 0.2) is 0 Å². The summed E-state index contributed by atoms with van der Waals surface area (Å²) in [7, 11) is 0. The third-order valence-corrected chi connectivity index (χ3v) is 5.85. The minimum absolute atomic E-state index is 0.0102. The number of carbonyl (C=O) groups excluding carboxylic acids is 1. The summed E-state index contributed by atoms with van der Waals surface area (Å²) in [5.74, 6) is 0.115. The topological polar surface area (TPSA) is 76.0 Å². The summed E-state index contributed by atoms with van der Waals surface area (Å²) >= 11 is 0. The van der Waals surface area contributed by atoms with Gasteiger partial charge in [0.05, 0.1) is 12.7 Å². The predicted octanol–water partition coefficient (Wildman–Crippen LogP) is 4.09. The average molecular weight is 387 g/mol. The minimum Gasteiger partial charge on any atom is -0.466 e. The Morgan fingerprint density at radius 1 is 1.07 bits per heavy atom. The Labute approximate surface area is 165 Å². The van der Waals surface area contributed by atoms with E-state index in [1.54, 1.807) is 0 Å². The molecule has 3 unspecified atom stereocenters. The van der Waals surface area contributed by atoms with Crippen LogP contribution in [0.5, 0.6) is 0 Å². The van der Waals surface area contributed by atoms with Gasteiger partial charge in [-0.05, 0) is 18.8 Å². The predicted molar refractivity (Wildman–Crippen MR) is 107 cm³/mol. The van der Waals surface area contributed by atoms with Crippen LogP contribution in [-0.4, -0.2) is 48.7 Å². The Hall–Kier alpha value is -0.650. The zero-order chi connectivity index (χ0) is 19.9. The highest BCUT2D eigenvalue weighted by Gasteiger charge is 2.38. The van der Waals surface area contributed by atoms with Crippen LogP contribution < -0.4 is 0 Å². The lowest BCUT2D eigenvalue weighted by Crippen LogP contribution is -2.33. The lowest BCUT2D eigenvalue weighted by atomic mass is 9.85. The van der Waals surface area contributed by atoms with Gasteiger partial charge in [0, 0.05) is 38.1 Å². The fraction of sp³-hybridized carbons (Fsp3) is 0.955. The SMILES string of the molecule is CCCCCCCCCCCC(=O)OCCC(CO)C1OCC(C)[C@@H]1CO. The molecule has 2 N–H and O–H groups in total. The number of unbranched alkanes of at least 4 members (excludes halogenated alkanes) is 8. The van der Waals surface area contributed by atoms with Gasteiger partial charge in [0.2, 0.25) is 0 Å². The number of esters is 1. The van der Waals surface area contributed by atoms with E-state index in [0.717, 1.165) is 12.8 Å². The van der Waals surface area contributed by atoms with Crippen molar-refractivity contribution >= 4 is 5.97 Å². The van der Waals surface area contributed by atoms with E-state index >= 15 is 0 Å². The molecule has 0 bridgehead atoms. The molecule has 0 saturated carbocycles. The van der Waals surface area contributed by atoms with Crippen LogP contribution in [0.25, 0.3) is 0 Å². The molecule has 160 valence electrons. The Bertz CT molecular complexity index is 374. The van der Waals surface area contributed by atoms with Crippen LogP contribution in [0, 0.1) is 17.8 Å². The summed E-state index contributed by atoms with van der Waals surface area (Å²) in [5, 5.41) is 19.2. The normalized spacial score (nSPS) is 23.5. The zero-order valence-electron chi connectivity index (χ0n) is 17.5.